The van der Waals surface area contributed by atoms with E-state index in [4.69, 9.17) is 10.5 Å². The lowest BCUT2D eigenvalue weighted by Gasteiger charge is -2.33. The highest BCUT2D eigenvalue weighted by Gasteiger charge is 2.18. The quantitative estimate of drug-likeness (QED) is 0.796. The molecule has 0 amide bonds. The predicted octanol–water partition coefficient (Wildman–Crippen LogP) is 2.26. The maximum atomic E-state index is 5.71. The topological polar surface area (TPSA) is 38.5 Å². The molecule has 82 valence electrons. The van der Waals surface area contributed by atoms with Gasteiger partial charge in [0, 0.05) is 23.2 Å². The van der Waals surface area contributed by atoms with E-state index in [1.165, 1.54) is 5.69 Å². The number of ether oxygens (including phenoxy) is 1. The summed E-state index contributed by atoms with van der Waals surface area (Å²) >= 11 is 3.54. The van der Waals surface area contributed by atoms with Crippen LogP contribution < -0.4 is 10.6 Å². The van der Waals surface area contributed by atoms with E-state index in [0.717, 1.165) is 29.9 Å². The number of anilines is 2. The third-order valence-electron chi connectivity index (χ3n) is 2.55. The summed E-state index contributed by atoms with van der Waals surface area (Å²) in [4.78, 5) is 2.32. The van der Waals surface area contributed by atoms with E-state index in [0.29, 0.717) is 6.10 Å². The molecule has 0 saturated carbocycles. The summed E-state index contributed by atoms with van der Waals surface area (Å²) in [5.41, 5.74) is 7.69. The molecular weight excluding hydrogens is 256 g/mol. The van der Waals surface area contributed by atoms with Gasteiger partial charge in [-0.25, -0.2) is 0 Å². The average Bonchev–Trinajstić information content (AvgIpc) is 2.17. The molecule has 0 aromatic heterocycles. The lowest BCUT2D eigenvalue weighted by Crippen LogP contribution is -2.41. The minimum absolute atomic E-state index is 0.295. The van der Waals surface area contributed by atoms with Crippen LogP contribution in [0.15, 0.2) is 22.7 Å². The van der Waals surface area contributed by atoms with Crippen molar-refractivity contribution in [1.29, 1.82) is 0 Å². The molecule has 1 aliphatic heterocycles. The Balaban J connectivity index is 2.21. The second-order valence-electron chi connectivity index (χ2n) is 3.84. The molecule has 0 aliphatic carbocycles. The van der Waals surface area contributed by atoms with Crippen LogP contribution in [0, 0.1) is 0 Å². The molecule has 1 aromatic carbocycles. The number of halogens is 1. The molecule has 15 heavy (non-hydrogen) atoms. The maximum absolute atomic E-state index is 5.71. The Hall–Kier alpha value is -0.740. The molecule has 0 radical (unpaired) electrons. The SMILES string of the molecule is CC1CN(c2ccc(N)cc2Br)CCO1. The highest BCUT2D eigenvalue weighted by atomic mass is 79.9. The third kappa shape index (κ3) is 2.44. The van der Waals surface area contributed by atoms with E-state index in [1.54, 1.807) is 0 Å². The minimum Gasteiger partial charge on any atom is -0.399 e. The molecule has 1 unspecified atom stereocenters. The summed E-state index contributed by atoms with van der Waals surface area (Å²) < 4.78 is 6.56. The Labute approximate surface area is 98.3 Å². The fourth-order valence-electron chi connectivity index (χ4n) is 1.82. The van der Waals surface area contributed by atoms with Gasteiger partial charge in [-0.05, 0) is 41.1 Å². The normalized spacial score (nSPS) is 21.7. The van der Waals surface area contributed by atoms with Gasteiger partial charge in [0.15, 0.2) is 0 Å². The van der Waals surface area contributed by atoms with Crippen molar-refractivity contribution in [3.8, 4) is 0 Å². The van der Waals surface area contributed by atoms with Gasteiger partial charge in [0.1, 0.15) is 0 Å². The van der Waals surface area contributed by atoms with Crippen LogP contribution in [0.5, 0.6) is 0 Å². The molecule has 1 saturated heterocycles. The van der Waals surface area contributed by atoms with Crippen molar-refractivity contribution in [3.05, 3.63) is 22.7 Å². The monoisotopic (exact) mass is 270 g/mol. The lowest BCUT2D eigenvalue weighted by molar-refractivity contribution is 0.0532. The van der Waals surface area contributed by atoms with Gasteiger partial charge in [-0.1, -0.05) is 0 Å². The zero-order valence-corrected chi connectivity index (χ0v) is 10.3. The van der Waals surface area contributed by atoms with Crippen molar-refractivity contribution in [2.75, 3.05) is 30.3 Å². The number of morpholine rings is 1. The summed E-state index contributed by atoms with van der Waals surface area (Å²) in [5, 5.41) is 0. The van der Waals surface area contributed by atoms with Gasteiger partial charge in [0.05, 0.1) is 18.4 Å². The van der Waals surface area contributed by atoms with E-state index >= 15 is 0 Å². The van der Waals surface area contributed by atoms with Gasteiger partial charge in [0.25, 0.3) is 0 Å². The van der Waals surface area contributed by atoms with Crippen LogP contribution in [0.4, 0.5) is 11.4 Å². The van der Waals surface area contributed by atoms with Crippen molar-refractivity contribution in [2.45, 2.75) is 13.0 Å². The zero-order chi connectivity index (χ0) is 10.8. The first-order chi connectivity index (χ1) is 7.16. The molecule has 1 atom stereocenters. The number of nitrogens with two attached hydrogens (primary N) is 1. The molecule has 0 bridgehead atoms. The lowest BCUT2D eigenvalue weighted by atomic mass is 10.2. The van der Waals surface area contributed by atoms with Gasteiger partial charge in [-0.2, -0.15) is 0 Å². The van der Waals surface area contributed by atoms with Crippen LogP contribution in [0.25, 0.3) is 0 Å². The molecular formula is C11H15BrN2O. The largest absolute Gasteiger partial charge is 0.399 e. The first-order valence-corrected chi connectivity index (χ1v) is 5.87. The summed E-state index contributed by atoms with van der Waals surface area (Å²) in [6.45, 7) is 4.75. The molecule has 1 aromatic rings. The Bertz CT molecular complexity index is 356. The van der Waals surface area contributed by atoms with Crippen LogP contribution in [-0.4, -0.2) is 25.8 Å². The van der Waals surface area contributed by atoms with Crippen LogP contribution >= 0.6 is 15.9 Å². The van der Waals surface area contributed by atoms with E-state index in [9.17, 15) is 0 Å². The second-order valence-corrected chi connectivity index (χ2v) is 4.69. The molecule has 1 aliphatic rings. The minimum atomic E-state index is 0.295. The smallest absolute Gasteiger partial charge is 0.0722 e. The number of rotatable bonds is 1. The molecule has 2 N–H and O–H groups in total. The maximum Gasteiger partial charge on any atom is 0.0722 e. The van der Waals surface area contributed by atoms with E-state index in [1.807, 2.05) is 12.1 Å². The molecule has 4 heteroatoms. The number of nitrogen functional groups attached to an aromatic ring is 1. The third-order valence-corrected chi connectivity index (χ3v) is 3.19. The van der Waals surface area contributed by atoms with Gasteiger partial charge < -0.3 is 15.4 Å². The molecule has 1 fully saturated rings. The Morgan fingerprint density at radius 1 is 1.53 bits per heavy atom. The van der Waals surface area contributed by atoms with Crippen LogP contribution in [-0.2, 0) is 4.74 Å². The molecule has 2 rings (SSSR count). The number of hydrogen-bond donors (Lipinski definition) is 1. The summed E-state index contributed by atoms with van der Waals surface area (Å²) in [5.74, 6) is 0. The Morgan fingerprint density at radius 3 is 3.00 bits per heavy atom. The number of nitrogens with zero attached hydrogens (tertiary/aromatic N) is 1. The van der Waals surface area contributed by atoms with Crippen LogP contribution in [0.2, 0.25) is 0 Å². The first kappa shape index (κ1) is 10.8. The second kappa shape index (κ2) is 4.41. The van der Waals surface area contributed by atoms with E-state index in [2.05, 4.69) is 33.8 Å². The molecule has 0 spiro atoms. The van der Waals surface area contributed by atoms with E-state index in [-0.39, 0.29) is 0 Å². The van der Waals surface area contributed by atoms with Crippen molar-refractivity contribution < 1.29 is 4.74 Å². The molecule has 1 heterocycles. The van der Waals surface area contributed by atoms with Gasteiger partial charge in [0.2, 0.25) is 0 Å². The van der Waals surface area contributed by atoms with Crippen molar-refractivity contribution in [1.82, 2.24) is 0 Å². The van der Waals surface area contributed by atoms with Gasteiger partial charge in [-0.15, -0.1) is 0 Å². The van der Waals surface area contributed by atoms with Crippen molar-refractivity contribution >= 4 is 27.3 Å². The summed E-state index contributed by atoms with van der Waals surface area (Å²) in [6, 6.07) is 5.92. The fourth-order valence-corrected chi connectivity index (χ4v) is 2.46. The number of hydrogen-bond acceptors (Lipinski definition) is 3. The fraction of sp³-hybridized carbons (Fsp3) is 0.455. The standard InChI is InChI=1S/C11H15BrN2O/c1-8-7-14(4-5-15-8)11-3-2-9(13)6-10(11)12/h2-3,6,8H,4-5,7,13H2,1H3. The predicted molar refractivity (Wildman–Crippen MR) is 66.2 cm³/mol. The molecule has 3 nitrogen and oxygen atoms in total. The van der Waals surface area contributed by atoms with Crippen LogP contribution in [0.3, 0.4) is 0 Å². The van der Waals surface area contributed by atoms with Crippen molar-refractivity contribution in [3.63, 3.8) is 0 Å². The first-order valence-electron chi connectivity index (χ1n) is 5.08. The zero-order valence-electron chi connectivity index (χ0n) is 8.74. The number of benzene rings is 1. The van der Waals surface area contributed by atoms with Gasteiger partial charge in [-0.3, -0.25) is 0 Å². The summed E-state index contributed by atoms with van der Waals surface area (Å²) in [6.07, 6.45) is 0.295. The Morgan fingerprint density at radius 2 is 2.33 bits per heavy atom. The summed E-state index contributed by atoms with van der Waals surface area (Å²) in [7, 11) is 0. The average molecular weight is 271 g/mol. The van der Waals surface area contributed by atoms with Crippen LogP contribution in [0.1, 0.15) is 6.92 Å². The van der Waals surface area contributed by atoms with E-state index < -0.39 is 0 Å². The highest BCUT2D eigenvalue weighted by Crippen LogP contribution is 2.29. The Kier molecular flexibility index (Phi) is 3.17. The van der Waals surface area contributed by atoms with Gasteiger partial charge >= 0.3 is 0 Å². The van der Waals surface area contributed by atoms with Crippen molar-refractivity contribution in [2.24, 2.45) is 0 Å². The highest BCUT2D eigenvalue weighted by molar-refractivity contribution is 9.10.